The van der Waals surface area contributed by atoms with Gasteiger partial charge in [0, 0.05) is 18.4 Å². The van der Waals surface area contributed by atoms with E-state index in [1.165, 1.54) is 7.05 Å². The van der Waals surface area contributed by atoms with Crippen LogP contribution >= 0.6 is 0 Å². The molecule has 0 aliphatic carbocycles. The maximum atomic E-state index is 11.3. The predicted octanol–water partition coefficient (Wildman–Crippen LogP) is 0.724. The van der Waals surface area contributed by atoms with Crippen LogP contribution in [0.3, 0.4) is 0 Å². The Balaban J connectivity index is 2.62. The Morgan fingerprint density at radius 3 is 2.00 bits per heavy atom. The van der Waals surface area contributed by atoms with Gasteiger partial charge in [0.2, 0.25) is 5.91 Å². The van der Waals surface area contributed by atoms with E-state index in [2.05, 4.69) is 16.0 Å². The second kappa shape index (κ2) is 5.86. The summed E-state index contributed by atoms with van der Waals surface area (Å²) in [7, 11) is 1.53. The van der Waals surface area contributed by atoms with Crippen molar-refractivity contribution in [3.05, 3.63) is 24.3 Å². The van der Waals surface area contributed by atoms with E-state index in [0.717, 1.165) is 0 Å². The number of carbonyl (C=O) groups excluding carboxylic acids is 2. The van der Waals surface area contributed by atoms with Crippen LogP contribution in [-0.4, -0.2) is 25.0 Å². The molecule has 0 heterocycles. The summed E-state index contributed by atoms with van der Waals surface area (Å²) in [6.07, 6.45) is 0. The molecule has 3 amide bonds. The molecule has 1 aromatic rings. The second-order valence-electron chi connectivity index (χ2n) is 3.56. The van der Waals surface area contributed by atoms with Crippen molar-refractivity contribution >= 4 is 23.3 Å². The van der Waals surface area contributed by atoms with Crippen molar-refractivity contribution in [2.24, 2.45) is 5.73 Å². The fraction of sp³-hybridized carbons (Fsp3) is 0.273. The average Bonchev–Trinajstić information content (AvgIpc) is 2.31. The van der Waals surface area contributed by atoms with Crippen molar-refractivity contribution in [1.82, 2.24) is 5.32 Å². The molecule has 0 saturated carbocycles. The lowest BCUT2D eigenvalue weighted by atomic mass is 10.2. The van der Waals surface area contributed by atoms with Gasteiger partial charge in [-0.15, -0.1) is 0 Å². The first kappa shape index (κ1) is 13.0. The Morgan fingerprint density at radius 1 is 1.12 bits per heavy atom. The molecule has 0 spiro atoms. The van der Waals surface area contributed by atoms with E-state index >= 15 is 0 Å². The molecule has 5 N–H and O–H groups in total. The molecule has 0 unspecified atom stereocenters. The number of hydrogen-bond donors (Lipinski definition) is 4. The number of anilines is 2. The van der Waals surface area contributed by atoms with Gasteiger partial charge in [0.15, 0.2) is 0 Å². The van der Waals surface area contributed by atoms with E-state index in [9.17, 15) is 9.59 Å². The molecular formula is C11H16N4O2. The zero-order chi connectivity index (χ0) is 12.8. The normalized spacial score (nSPS) is 11.5. The summed E-state index contributed by atoms with van der Waals surface area (Å²) < 4.78 is 0. The molecule has 0 fully saturated rings. The molecule has 0 saturated heterocycles. The molecule has 0 aliphatic rings. The Morgan fingerprint density at radius 2 is 1.59 bits per heavy atom. The highest BCUT2D eigenvalue weighted by Crippen LogP contribution is 2.13. The highest BCUT2D eigenvalue weighted by molar-refractivity contribution is 5.95. The summed E-state index contributed by atoms with van der Waals surface area (Å²) in [5, 5.41) is 7.69. The van der Waals surface area contributed by atoms with Crippen LogP contribution in [0.1, 0.15) is 6.92 Å². The number of rotatable bonds is 3. The van der Waals surface area contributed by atoms with Crippen LogP contribution < -0.4 is 21.7 Å². The van der Waals surface area contributed by atoms with E-state index in [0.29, 0.717) is 11.4 Å². The number of nitrogens with one attached hydrogen (secondary N) is 3. The first-order valence-corrected chi connectivity index (χ1v) is 5.18. The molecule has 0 aromatic heterocycles. The third-order valence-corrected chi connectivity index (χ3v) is 2.05. The lowest BCUT2D eigenvalue weighted by Gasteiger charge is -2.09. The van der Waals surface area contributed by atoms with Gasteiger partial charge in [0.05, 0.1) is 6.04 Å². The topological polar surface area (TPSA) is 96.2 Å². The minimum Gasteiger partial charge on any atom is -0.341 e. The fourth-order valence-electron chi connectivity index (χ4n) is 1.09. The van der Waals surface area contributed by atoms with Gasteiger partial charge in [-0.1, -0.05) is 0 Å². The Hall–Kier alpha value is -2.08. The molecule has 1 atom stereocenters. The smallest absolute Gasteiger partial charge is 0.318 e. The number of urea groups is 1. The predicted molar refractivity (Wildman–Crippen MR) is 66.8 cm³/mol. The van der Waals surface area contributed by atoms with E-state index < -0.39 is 6.04 Å². The Kier molecular flexibility index (Phi) is 4.47. The van der Waals surface area contributed by atoms with Crippen LogP contribution in [0.4, 0.5) is 16.2 Å². The fourth-order valence-corrected chi connectivity index (χ4v) is 1.09. The summed E-state index contributed by atoms with van der Waals surface area (Å²) in [6, 6.07) is 5.89. The highest BCUT2D eigenvalue weighted by atomic mass is 16.2. The third kappa shape index (κ3) is 4.12. The van der Waals surface area contributed by atoms with Crippen LogP contribution in [-0.2, 0) is 4.79 Å². The summed E-state index contributed by atoms with van der Waals surface area (Å²) >= 11 is 0. The summed E-state index contributed by atoms with van der Waals surface area (Å²) in [5.41, 5.74) is 6.70. The van der Waals surface area contributed by atoms with Crippen molar-refractivity contribution in [3.8, 4) is 0 Å². The zero-order valence-corrected chi connectivity index (χ0v) is 9.78. The lowest BCUT2D eigenvalue weighted by molar-refractivity contribution is -0.117. The van der Waals surface area contributed by atoms with Gasteiger partial charge >= 0.3 is 6.03 Å². The largest absolute Gasteiger partial charge is 0.341 e. The number of benzene rings is 1. The maximum Gasteiger partial charge on any atom is 0.318 e. The monoisotopic (exact) mass is 236 g/mol. The minimum atomic E-state index is -0.557. The molecule has 1 rings (SSSR count). The Bertz CT molecular complexity index is 400. The maximum absolute atomic E-state index is 11.3. The number of hydrogen-bond acceptors (Lipinski definition) is 3. The standard InChI is InChI=1S/C11H16N4O2/c1-7(12)10(16)14-8-3-5-9(6-4-8)15-11(17)13-2/h3-7H,12H2,1-2H3,(H,14,16)(H2,13,15,17)/t7-/m0/s1. The molecule has 0 bridgehead atoms. The molecule has 0 aliphatic heterocycles. The van der Waals surface area contributed by atoms with Gasteiger partial charge in [0.25, 0.3) is 0 Å². The molecular weight excluding hydrogens is 220 g/mol. The molecule has 0 radical (unpaired) electrons. The minimum absolute atomic E-state index is 0.253. The SMILES string of the molecule is CNC(=O)Nc1ccc(NC(=O)[C@H](C)N)cc1. The van der Waals surface area contributed by atoms with Crippen molar-refractivity contribution in [3.63, 3.8) is 0 Å². The van der Waals surface area contributed by atoms with Crippen LogP contribution in [0, 0.1) is 0 Å². The van der Waals surface area contributed by atoms with Crippen molar-refractivity contribution < 1.29 is 9.59 Å². The summed E-state index contributed by atoms with van der Waals surface area (Å²) in [4.78, 5) is 22.3. The lowest BCUT2D eigenvalue weighted by Crippen LogP contribution is -2.32. The zero-order valence-electron chi connectivity index (χ0n) is 9.78. The molecule has 6 nitrogen and oxygen atoms in total. The van der Waals surface area contributed by atoms with Crippen LogP contribution in [0.25, 0.3) is 0 Å². The highest BCUT2D eigenvalue weighted by Gasteiger charge is 2.07. The van der Waals surface area contributed by atoms with E-state index in [4.69, 9.17) is 5.73 Å². The van der Waals surface area contributed by atoms with Crippen LogP contribution in [0.2, 0.25) is 0 Å². The van der Waals surface area contributed by atoms with Gasteiger partial charge in [-0.05, 0) is 31.2 Å². The van der Waals surface area contributed by atoms with Crippen LogP contribution in [0.15, 0.2) is 24.3 Å². The molecule has 17 heavy (non-hydrogen) atoms. The number of amides is 3. The summed E-state index contributed by atoms with van der Waals surface area (Å²) in [5.74, 6) is -0.253. The van der Waals surface area contributed by atoms with Crippen molar-refractivity contribution in [1.29, 1.82) is 0 Å². The van der Waals surface area contributed by atoms with E-state index in [1.54, 1.807) is 31.2 Å². The number of nitrogens with two attached hydrogens (primary N) is 1. The van der Waals surface area contributed by atoms with Gasteiger partial charge < -0.3 is 21.7 Å². The third-order valence-electron chi connectivity index (χ3n) is 2.05. The van der Waals surface area contributed by atoms with Gasteiger partial charge in [-0.2, -0.15) is 0 Å². The first-order valence-electron chi connectivity index (χ1n) is 5.18. The Labute approximate surface area is 99.6 Å². The quantitative estimate of drug-likeness (QED) is 0.622. The average molecular weight is 236 g/mol. The first-order chi connectivity index (χ1) is 8.02. The summed E-state index contributed by atoms with van der Waals surface area (Å²) in [6.45, 7) is 1.61. The molecule has 92 valence electrons. The van der Waals surface area contributed by atoms with Gasteiger partial charge in [-0.3, -0.25) is 4.79 Å². The van der Waals surface area contributed by atoms with Gasteiger partial charge in [-0.25, -0.2) is 4.79 Å². The second-order valence-corrected chi connectivity index (χ2v) is 3.56. The van der Waals surface area contributed by atoms with Gasteiger partial charge in [0.1, 0.15) is 0 Å². The molecule has 6 heteroatoms. The van der Waals surface area contributed by atoms with Crippen molar-refractivity contribution in [2.45, 2.75) is 13.0 Å². The van der Waals surface area contributed by atoms with Crippen LogP contribution in [0.5, 0.6) is 0 Å². The van der Waals surface area contributed by atoms with E-state index in [1.807, 2.05) is 0 Å². The molecule has 1 aromatic carbocycles. The van der Waals surface area contributed by atoms with Crippen molar-refractivity contribution in [2.75, 3.05) is 17.7 Å². The number of carbonyl (C=O) groups is 2. The van der Waals surface area contributed by atoms with E-state index in [-0.39, 0.29) is 11.9 Å².